The molecule has 0 aromatic heterocycles. The molecule has 3 nitrogen and oxygen atoms in total. The molecule has 0 atom stereocenters. The Balaban J connectivity index is 2.09. The fourth-order valence-corrected chi connectivity index (χ4v) is 1.67. The van der Waals surface area contributed by atoms with Crippen LogP contribution in [0.15, 0.2) is 0 Å². The molecule has 1 aliphatic rings. The van der Waals surface area contributed by atoms with Gasteiger partial charge in [-0.3, -0.25) is 4.90 Å². The van der Waals surface area contributed by atoms with Crippen molar-refractivity contribution in [1.82, 2.24) is 4.90 Å². The van der Waals surface area contributed by atoms with Crippen molar-refractivity contribution in [3.8, 4) is 0 Å². The molecular weight excluding hydrogens is 152 g/mol. The minimum Gasteiger partial charge on any atom is -0.478 e. The Hall–Kier alpha value is -0.120. The van der Waals surface area contributed by atoms with Crippen LogP contribution >= 0.6 is 0 Å². The van der Waals surface area contributed by atoms with E-state index in [1.165, 1.54) is 0 Å². The summed E-state index contributed by atoms with van der Waals surface area (Å²) in [7, 11) is 3.71. The monoisotopic (exact) mass is 172 g/mol. The van der Waals surface area contributed by atoms with Crippen LogP contribution in [-0.2, 0) is 0 Å². The van der Waals surface area contributed by atoms with Crippen molar-refractivity contribution in [1.29, 1.82) is 0 Å². The maximum Gasteiger partial charge on any atom is 0.0645 e. The number of piperidine rings is 1. The highest BCUT2D eigenvalue weighted by Crippen LogP contribution is 2.15. The van der Waals surface area contributed by atoms with Crippen LogP contribution in [0.4, 0.5) is 0 Å². The standard InChI is InChI=1S/C9H20N2O/c1-10-4-7-11-5-2-9(8-12)3-6-11/h9,12H,1-8,10H2. The summed E-state index contributed by atoms with van der Waals surface area (Å²) in [4.78, 5) is 2.45. The Morgan fingerprint density at radius 3 is 2.58 bits per heavy atom. The number of nitrogens with zero attached hydrogens (tertiary/aromatic N) is 1. The first kappa shape index (κ1) is 9.96. The van der Waals surface area contributed by atoms with Crippen molar-refractivity contribution < 1.29 is 10.4 Å². The lowest BCUT2D eigenvalue weighted by molar-refractivity contribution is -0.595. The first-order valence-electron chi connectivity index (χ1n) is 4.81. The largest absolute Gasteiger partial charge is 0.478 e. The van der Waals surface area contributed by atoms with Crippen molar-refractivity contribution in [2.24, 2.45) is 5.92 Å². The molecule has 3 N–H and O–H groups in total. The van der Waals surface area contributed by atoms with Crippen LogP contribution < -0.4 is 5.32 Å². The maximum atomic E-state index is 8.92. The summed E-state index contributed by atoms with van der Waals surface area (Å²) in [6, 6.07) is 0. The summed E-state index contributed by atoms with van der Waals surface area (Å²) in [5.41, 5.74) is 0. The highest BCUT2D eigenvalue weighted by atomic mass is 16.3. The number of quaternary nitrogens is 1. The van der Waals surface area contributed by atoms with Crippen LogP contribution in [0.5, 0.6) is 0 Å². The molecule has 72 valence electrons. The number of hydrogen-bond donors (Lipinski definition) is 2. The minimum absolute atomic E-state index is 0.370. The van der Waals surface area contributed by atoms with E-state index in [1.807, 2.05) is 5.32 Å². The predicted octanol–water partition coefficient (Wildman–Crippen LogP) is -0.954. The van der Waals surface area contributed by atoms with Crippen LogP contribution in [0.1, 0.15) is 12.8 Å². The molecular formula is C9H20N2O. The molecule has 0 bridgehead atoms. The zero-order valence-corrected chi connectivity index (χ0v) is 7.71. The van der Waals surface area contributed by atoms with Gasteiger partial charge in [0.15, 0.2) is 0 Å². The molecule has 1 aliphatic heterocycles. The maximum absolute atomic E-state index is 8.92. The van der Waals surface area contributed by atoms with Crippen LogP contribution in [0.3, 0.4) is 0 Å². The molecule has 0 aliphatic carbocycles. The Labute approximate surface area is 74.8 Å². The topological polar surface area (TPSA) is 40.1 Å². The molecule has 0 aromatic rings. The Morgan fingerprint density at radius 1 is 1.42 bits per heavy atom. The van der Waals surface area contributed by atoms with Crippen molar-refractivity contribution in [2.75, 3.05) is 32.8 Å². The van der Waals surface area contributed by atoms with E-state index in [-0.39, 0.29) is 0 Å². The first-order valence-corrected chi connectivity index (χ1v) is 4.81. The number of aliphatic hydroxyl groups is 1. The van der Waals surface area contributed by atoms with Gasteiger partial charge in [0.1, 0.15) is 0 Å². The van der Waals surface area contributed by atoms with Gasteiger partial charge in [-0.05, 0) is 31.8 Å². The number of rotatable bonds is 4. The number of likely N-dealkylation sites (tertiary alicyclic amines) is 1. The Morgan fingerprint density at radius 2 is 2.08 bits per heavy atom. The second kappa shape index (κ2) is 5.51. The van der Waals surface area contributed by atoms with Gasteiger partial charge in [-0.1, -0.05) is 0 Å². The molecule has 1 rings (SSSR count). The van der Waals surface area contributed by atoms with Gasteiger partial charge in [-0.25, -0.2) is 0 Å². The lowest BCUT2D eigenvalue weighted by Crippen LogP contribution is -2.78. The van der Waals surface area contributed by atoms with Crippen molar-refractivity contribution in [2.45, 2.75) is 12.8 Å². The van der Waals surface area contributed by atoms with Gasteiger partial charge in [0.05, 0.1) is 6.54 Å². The second-order valence-corrected chi connectivity index (χ2v) is 3.54. The Kier molecular flexibility index (Phi) is 4.58. The SMILES string of the molecule is [CH2-][NH2+]CCN1CCC(CO)CC1. The fraction of sp³-hybridized carbons (Fsp3) is 0.889. The van der Waals surface area contributed by atoms with Gasteiger partial charge >= 0.3 is 0 Å². The molecule has 1 fully saturated rings. The van der Waals surface area contributed by atoms with Gasteiger partial charge in [-0.15, -0.1) is 0 Å². The summed E-state index contributed by atoms with van der Waals surface area (Å²) in [5, 5.41) is 10.9. The predicted molar refractivity (Wildman–Crippen MR) is 48.4 cm³/mol. The molecule has 0 amide bonds. The molecule has 0 spiro atoms. The quantitative estimate of drug-likeness (QED) is 0.537. The van der Waals surface area contributed by atoms with Crippen LogP contribution in [0, 0.1) is 13.0 Å². The van der Waals surface area contributed by atoms with E-state index in [0.29, 0.717) is 12.5 Å². The average molecular weight is 172 g/mol. The number of aliphatic hydroxyl groups excluding tert-OH is 1. The van der Waals surface area contributed by atoms with Crippen molar-refractivity contribution in [3.05, 3.63) is 7.05 Å². The molecule has 0 saturated carbocycles. The van der Waals surface area contributed by atoms with E-state index >= 15 is 0 Å². The van der Waals surface area contributed by atoms with E-state index in [1.54, 1.807) is 0 Å². The number of nitrogens with two attached hydrogens (primary N) is 1. The highest BCUT2D eigenvalue weighted by Gasteiger charge is 2.17. The van der Waals surface area contributed by atoms with E-state index in [9.17, 15) is 0 Å². The Bertz CT molecular complexity index is 111. The summed E-state index contributed by atoms with van der Waals surface area (Å²) in [5.74, 6) is 0.560. The van der Waals surface area contributed by atoms with Gasteiger partial charge in [0.2, 0.25) is 0 Å². The summed E-state index contributed by atoms with van der Waals surface area (Å²) >= 11 is 0. The summed E-state index contributed by atoms with van der Waals surface area (Å²) in [6.07, 6.45) is 2.32. The lowest BCUT2D eigenvalue weighted by Gasteiger charge is -2.30. The third-order valence-electron chi connectivity index (χ3n) is 2.61. The van der Waals surface area contributed by atoms with Crippen molar-refractivity contribution >= 4 is 0 Å². The van der Waals surface area contributed by atoms with Crippen LogP contribution in [-0.4, -0.2) is 42.8 Å². The highest BCUT2D eigenvalue weighted by molar-refractivity contribution is 4.70. The molecule has 3 heteroatoms. The molecule has 0 unspecified atom stereocenters. The normalized spacial score (nSPS) is 21.5. The third-order valence-corrected chi connectivity index (χ3v) is 2.61. The lowest BCUT2D eigenvalue weighted by atomic mass is 9.98. The smallest absolute Gasteiger partial charge is 0.0645 e. The molecule has 0 radical (unpaired) electrons. The molecule has 12 heavy (non-hydrogen) atoms. The van der Waals surface area contributed by atoms with Gasteiger partial charge in [-0.2, -0.15) is 7.05 Å². The molecule has 0 aromatic carbocycles. The zero-order chi connectivity index (χ0) is 8.81. The zero-order valence-electron chi connectivity index (χ0n) is 7.71. The average Bonchev–Trinajstić information content (AvgIpc) is 2.15. The number of hydrogen-bond acceptors (Lipinski definition) is 2. The minimum atomic E-state index is 0.370. The van der Waals surface area contributed by atoms with Gasteiger partial charge < -0.3 is 10.4 Å². The van der Waals surface area contributed by atoms with E-state index < -0.39 is 0 Å². The second-order valence-electron chi connectivity index (χ2n) is 3.54. The van der Waals surface area contributed by atoms with E-state index in [2.05, 4.69) is 11.9 Å². The third kappa shape index (κ3) is 3.09. The van der Waals surface area contributed by atoms with Crippen LogP contribution in [0.2, 0.25) is 0 Å². The molecule has 1 heterocycles. The first-order chi connectivity index (χ1) is 5.86. The summed E-state index contributed by atoms with van der Waals surface area (Å²) in [6.45, 7) is 4.90. The van der Waals surface area contributed by atoms with Gasteiger partial charge in [0.25, 0.3) is 0 Å². The van der Waals surface area contributed by atoms with E-state index in [4.69, 9.17) is 5.11 Å². The summed E-state index contributed by atoms with van der Waals surface area (Å²) < 4.78 is 0. The van der Waals surface area contributed by atoms with E-state index in [0.717, 1.165) is 39.0 Å². The van der Waals surface area contributed by atoms with Crippen molar-refractivity contribution in [3.63, 3.8) is 0 Å². The fourth-order valence-electron chi connectivity index (χ4n) is 1.67. The molecule has 1 saturated heterocycles. The van der Waals surface area contributed by atoms with Crippen LogP contribution in [0.25, 0.3) is 0 Å². The van der Waals surface area contributed by atoms with Gasteiger partial charge in [0, 0.05) is 13.2 Å².